The van der Waals surface area contributed by atoms with Gasteiger partial charge in [-0.25, -0.2) is 8.42 Å². The van der Waals surface area contributed by atoms with Crippen LogP contribution in [0.1, 0.15) is 22.5 Å². The number of guanidine groups is 1. The number of thiophene rings is 1. The van der Waals surface area contributed by atoms with Crippen LogP contribution in [0, 0.1) is 0 Å². The van der Waals surface area contributed by atoms with Crippen molar-refractivity contribution in [3.05, 3.63) is 34.5 Å². The molecule has 3 aromatic rings. The Labute approximate surface area is 197 Å². The largest absolute Gasteiger partial charge is 0.480 e. The molecule has 33 heavy (non-hydrogen) atoms. The summed E-state index contributed by atoms with van der Waals surface area (Å²) in [7, 11) is -4.02. The molecule has 0 atom stereocenters. The van der Waals surface area contributed by atoms with Crippen LogP contribution in [-0.2, 0) is 14.8 Å². The summed E-state index contributed by atoms with van der Waals surface area (Å²) in [6.07, 6.45) is 1.00. The smallest absolute Gasteiger partial charge is 0.323 e. The lowest BCUT2D eigenvalue weighted by Crippen LogP contribution is -2.36. The van der Waals surface area contributed by atoms with Gasteiger partial charge in [-0.15, -0.1) is 11.3 Å². The highest BCUT2D eigenvalue weighted by molar-refractivity contribution is 7.92. The summed E-state index contributed by atoms with van der Waals surface area (Å²) in [6, 6.07) is 5.79. The second kappa shape index (κ2) is 10.5. The number of fused-ring (bicyclic) bond motifs is 1. The SMILES string of the molecule is NC(N)=NCCCCN(CC(=O)O)C(=O)c1sccc1NS(=O)(=O)c1ccc2nsnc2c1. The van der Waals surface area contributed by atoms with Crippen molar-refractivity contribution in [2.24, 2.45) is 16.5 Å². The molecule has 15 heteroatoms. The van der Waals surface area contributed by atoms with Gasteiger partial charge in [0.1, 0.15) is 22.5 Å². The van der Waals surface area contributed by atoms with E-state index in [0.717, 1.165) is 28.0 Å². The van der Waals surface area contributed by atoms with Gasteiger partial charge in [0.05, 0.1) is 22.3 Å². The zero-order chi connectivity index (χ0) is 24.0. The third kappa shape index (κ3) is 6.36. The fourth-order valence-electron chi connectivity index (χ4n) is 2.87. The van der Waals surface area contributed by atoms with Gasteiger partial charge in [-0.2, -0.15) is 8.75 Å². The van der Waals surface area contributed by atoms with Gasteiger partial charge in [0.2, 0.25) is 0 Å². The van der Waals surface area contributed by atoms with E-state index >= 15 is 0 Å². The number of benzene rings is 1. The van der Waals surface area contributed by atoms with Crippen molar-refractivity contribution in [3.63, 3.8) is 0 Å². The van der Waals surface area contributed by atoms with Gasteiger partial charge in [-0.1, -0.05) is 0 Å². The maximum atomic E-state index is 13.1. The Morgan fingerprint density at radius 2 is 1.91 bits per heavy atom. The minimum atomic E-state index is -4.02. The molecule has 0 spiro atoms. The molecule has 0 fully saturated rings. The number of sulfonamides is 1. The number of anilines is 1. The number of carboxylic acid groups (broad SMARTS) is 1. The molecule has 3 rings (SSSR count). The molecule has 0 saturated heterocycles. The number of aromatic nitrogens is 2. The normalized spacial score (nSPS) is 11.3. The number of nitrogens with two attached hydrogens (primary N) is 2. The first kappa shape index (κ1) is 24.3. The number of aliphatic carboxylic acids is 1. The molecule has 0 radical (unpaired) electrons. The highest BCUT2D eigenvalue weighted by Gasteiger charge is 2.25. The van der Waals surface area contributed by atoms with Crippen molar-refractivity contribution in [2.45, 2.75) is 17.7 Å². The Balaban J connectivity index is 1.76. The third-order valence-electron chi connectivity index (χ3n) is 4.38. The molecular formula is C18H21N7O5S3. The van der Waals surface area contributed by atoms with Crippen LogP contribution in [0.3, 0.4) is 0 Å². The first-order valence-corrected chi connectivity index (χ1v) is 12.7. The number of unbranched alkanes of at least 4 members (excludes halogenated alkanes) is 1. The molecule has 0 saturated carbocycles. The first-order valence-electron chi connectivity index (χ1n) is 9.56. The Kier molecular flexibility index (Phi) is 7.78. The number of amides is 1. The lowest BCUT2D eigenvalue weighted by Gasteiger charge is -2.21. The summed E-state index contributed by atoms with van der Waals surface area (Å²) < 4.78 is 36.3. The predicted molar refractivity (Wildman–Crippen MR) is 126 cm³/mol. The zero-order valence-corrected chi connectivity index (χ0v) is 19.6. The highest BCUT2D eigenvalue weighted by atomic mass is 32.2. The topological polar surface area (TPSA) is 194 Å². The van der Waals surface area contributed by atoms with E-state index in [-0.39, 0.29) is 28.0 Å². The molecular weight excluding hydrogens is 490 g/mol. The monoisotopic (exact) mass is 511 g/mol. The number of nitrogens with one attached hydrogen (secondary N) is 1. The van der Waals surface area contributed by atoms with E-state index in [9.17, 15) is 23.1 Å². The number of hydrogen-bond acceptors (Lipinski definition) is 9. The summed E-state index contributed by atoms with van der Waals surface area (Å²) >= 11 is 1.99. The van der Waals surface area contributed by atoms with E-state index < -0.39 is 28.4 Å². The number of hydrogen-bond donors (Lipinski definition) is 4. The van der Waals surface area contributed by atoms with Gasteiger partial charge in [0.15, 0.2) is 5.96 Å². The molecule has 0 aliphatic rings. The summed E-state index contributed by atoms with van der Waals surface area (Å²) in [4.78, 5) is 29.4. The third-order valence-corrected chi connectivity index (χ3v) is 7.21. The number of carboxylic acids is 1. The number of rotatable bonds is 11. The highest BCUT2D eigenvalue weighted by Crippen LogP contribution is 2.27. The van der Waals surface area contributed by atoms with Gasteiger partial charge < -0.3 is 21.5 Å². The molecule has 1 aromatic carbocycles. The number of carbonyl (C=O) groups is 2. The van der Waals surface area contributed by atoms with Crippen molar-refractivity contribution in [1.29, 1.82) is 0 Å². The quantitative estimate of drug-likeness (QED) is 0.166. The summed E-state index contributed by atoms with van der Waals surface area (Å²) in [5, 5.41) is 10.8. The Morgan fingerprint density at radius 3 is 2.64 bits per heavy atom. The standard InChI is InChI=1S/C18H21N7O5S3/c19-18(20)21-6-1-2-7-25(10-15(26)27)17(28)16-13(5-8-31-16)24-33(29,30)11-3-4-12-14(9-11)23-32-22-12/h3-5,8-9,24H,1-2,6-7,10H2,(H,26,27)(H4,19,20,21). The molecule has 0 unspecified atom stereocenters. The van der Waals surface area contributed by atoms with Crippen LogP contribution in [0.15, 0.2) is 39.5 Å². The van der Waals surface area contributed by atoms with E-state index in [1.165, 1.54) is 18.2 Å². The molecule has 0 aliphatic heterocycles. The molecule has 176 valence electrons. The average molecular weight is 512 g/mol. The van der Waals surface area contributed by atoms with Crippen molar-refractivity contribution in [2.75, 3.05) is 24.4 Å². The van der Waals surface area contributed by atoms with Crippen LogP contribution in [0.4, 0.5) is 5.69 Å². The number of aliphatic imine (C=N–C) groups is 1. The molecule has 2 aromatic heterocycles. The van der Waals surface area contributed by atoms with Crippen LogP contribution in [0.25, 0.3) is 11.0 Å². The first-order chi connectivity index (χ1) is 15.7. The zero-order valence-electron chi connectivity index (χ0n) is 17.2. The van der Waals surface area contributed by atoms with Crippen molar-refractivity contribution >= 4 is 67.6 Å². The van der Waals surface area contributed by atoms with E-state index in [2.05, 4.69) is 18.5 Å². The predicted octanol–water partition coefficient (Wildman–Crippen LogP) is 1.13. The minimum Gasteiger partial charge on any atom is -0.480 e. The van der Waals surface area contributed by atoms with E-state index in [1.54, 1.807) is 11.4 Å². The van der Waals surface area contributed by atoms with Crippen LogP contribution >= 0.6 is 23.1 Å². The van der Waals surface area contributed by atoms with Gasteiger partial charge in [0, 0.05) is 13.1 Å². The summed E-state index contributed by atoms with van der Waals surface area (Å²) in [5.41, 5.74) is 11.6. The lowest BCUT2D eigenvalue weighted by atomic mass is 10.2. The Bertz CT molecular complexity index is 1280. The molecule has 0 aliphatic carbocycles. The minimum absolute atomic E-state index is 0.0329. The van der Waals surface area contributed by atoms with Crippen LogP contribution in [-0.4, -0.2) is 64.6 Å². The maximum absolute atomic E-state index is 13.1. The van der Waals surface area contributed by atoms with Crippen LogP contribution in [0.5, 0.6) is 0 Å². The number of carbonyl (C=O) groups excluding carboxylic acids is 1. The van der Waals surface area contributed by atoms with Crippen molar-refractivity contribution in [1.82, 2.24) is 13.6 Å². The van der Waals surface area contributed by atoms with Gasteiger partial charge in [0.25, 0.3) is 15.9 Å². The van der Waals surface area contributed by atoms with Gasteiger partial charge >= 0.3 is 5.97 Å². The molecule has 6 N–H and O–H groups in total. The van der Waals surface area contributed by atoms with Crippen molar-refractivity contribution in [3.8, 4) is 0 Å². The van der Waals surface area contributed by atoms with Crippen LogP contribution < -0.4 is 16.2 Å². The lowest BCUT2D eigenvalue weighted by molar-refractivity contribution is -0.137. The van der Waals surface area contributed by atoms with Gasteiger partial charge in [-0.3, -0.25) is 19.3 Å². The maximum Gasteiger partial charge on any atom is 0.323 e. The van der Waals surface area contributed by atoms with Gasteiger partial charge in [-0.05, 0) is 42.5 Å². The van der Waals surface area contributed by atoms with Crippen molar-refractivity contribution < 1.29 is 23.1 Å². The second-order valence-corrected chi connectivity index (χ2v) is 9.94. The molecule has 12 nitrogen and oxygen atoms in total. The summed E-state index contributed by atoms with van der Waals surface area (Å²) in [5.74, 6) is -1.82. The van der Waals surface area contributed by atoms with E-state index in [0.29, 0.717) is 30.4 Å². The summed E-state index contributed by atoms with van der Waals surface area (Å²) in [6.45, 7) is -0.0399. The van der Waals surface area contributed by atoms with E-state index in [1.807, 2.05) is 0 Å². The second-order valence-electron chi connectivity index (χ2n) is 6.82. The van der Waals surface area contributed by atoms with Crippen LogP contribution in [0.2, 0.25) is 0 Å². The molecule has 1 amide bonds. The number of nitrogens with zero attached hydrogens (tertiary/aromatic N) is 4. The molecule has 2 heterocycles. The fourth-order valence-corrected chi connectivity index (χ4v) is 5.36. The molecule has 0 bridgehead atoms. The fraction of sp³-hybridized carbons (Fsp3) is 0.278. The van der Waals surface area contributed by atoms with E-state index in [4.69, 9.17) is 11.5 Å². The average Bonchev–Trinajstić information content (AvgIpc) is 3.40. The Hall–Kier alpha value is -3.30. The Morgan fingerprint density at radius 1 is 1.15 bits per heavy atom.